The zero-order valence-electron chi connectivity index (χ0n) is 10.7. The molecule has 1 N–H and O–H groups in total. The van der Waals surface area contributed by atoms with E-state index in [0.717, 1.165) is 24.3 Å². The molecule has 1 fully saturated rings. The van der Waals surface area contributed by atoms with Crippen LogP contribution < -0.4 is 5.32 Å². The van der Waals surface area contributed by atoms with E-state index in [-0.39, 0.29) is 6.10 Å². The van der Waals surface area contributed by atoms with Gasteiger partial charge in [-0.3, -0.25) is 0 Å². The fraction of sp³-hybridized carbons (Fsp3) is 0.500. The van der Waals surface area contributed by atoms with Crippen molar-refractivity contribution < 1.29 is 9.26 Å². The number of aryl methyl sites for hydroxylation is 1. The molecule has 1 saturated heterocycles. The number of hydrogen-bond donors (Lipinski definition) is 1. The Hall–Kier alpha value is -1.86. The Morgan fingerprint density at radius 2 is 2.42 bits per heavy atom. The number of hydrogen-bond acceptors (Lipinski definition) is 7. The van der Waals surface area contributed by atoms with Crippen molar-refractivity contribution in [2.45, 2.75) is 19.4 Å². The Bertz CT molecular complexity index is 551. The third-order valence-electron chi connectivity index (χ3n) is 2.99. The first-order chi connectivity index (χ1) is 9.38. The van der Waals surface area contributed by atoms with E-state index in [0.29, 0.717) is 24.7 Å². The minimum absolute atomic E-state index is 0.102. The van der Waals surface area contributed by atoms with Gasteiger partial charge in [0.25, 0.3) is 0 Å². The lowest BCUT2D eigenvalue weighted by atomic mass is 10.1. The second kappa shape index (κ2) is 5.41. The highest BCUT2D eigenvalue weighted by atomic mass is 16.5. The van der Waals surface area contributed by atoms with E-state index in [1.54, 1.807) is 6.20 Å². The molecule has 1 unspecified atom stereocenters. The molecule has 0 aliphatic carbocycles. The number of morpholine rings is 1. The number of aromatic nitrogens is 4. The van der Waals surface area contributed by atoms with Crippen molar-refractivity contribution in [1.29, 1.82) is 0 Å². The van der Waals surface area contributed by atoms with E-state index < -0.39 is 0 Å². The normalized spacial score (nSPS) is 19.5. The fourth-order valence-electron chi connectivity index (χ4n) is 2.02. The SMILES string of the molecule is CCc1nc(-c2cncnc2C2CNCCO2)no1. The van der Waals surface area contributed by atoms with Gasteiger partial charge in [0, 0.05) is 25.7 Å². The summed E-state index contributed by atoms with van der Waals surface area (Å²) < 4.78 is 10.9. The maximum absolute atomic E-state index is 5.72. The number of ether oxygens (including phenoxy) is 1. The van der Waals surface area contributed by atoms with Crippen LogP contribution in [0.3, 0.4) is 0 Å². The summed E-state index contributed by atoms with van der Waals surface area (Å²) in [6, 6.07) is 0. The summed E-state index contributed by atoms with van der Waals surface area (Å²) in [7, 11) is 0. The molecule has 2 aromatic heterocycles. The van der Waals surface area contributed by atoms with Gasteiger partial charge in [0.1, 0.15) is 12.4 Å². The van der Waals surface area contributed by atoms with Gasteiger partial charge in [0.2, 0.25) is 11.7 Å². The molecule has 1 aliphatic heterocycles. The average molecular weight is 261 g/mol. The number of nitrogens with one attached hydrogen (secondary N) is 1. The highest BCUT2D eigenvalue weighted by Crippen LogP contribution is 2.26. The molecule has 0 amide bonds. The van der Waals surface area contributed by atoms with Crippen LogP contribution in [0.1, 0.15) is 24.6 Å². The number of rotatable bonds is 3. The Kier molecular flexibility index (Phi) is 3.47. The molecular weight excluding hydrogens is 246 g/mol. The van der Waals surface area contributed by atoms with Crippen LogP contribution in [-0.4, -0.2) is 39.8 Å². The van der Waals surface area contributed by atoms with Gasteiger partial charge in [-0.2, -0.15) is 4.98 Å². The van der Waals surface area contributed by atoms with Crippen molar-refractivity contribution in [2.24, 2.45) is 0 Å². The first kappa shape index (κ1) is 12.2. The van der Waals surface area contributed by atoms with Crippen LogP contribution in [0.25, 0.3) is 11.4 Å². The second-order valence-corrected chi connectivity index (χ2v) is 4.25. The van der Waals surface area contributed by atoms with E-state index in [2.05, 4.69) is 25.4 Å². The van der Waals surface area contributed by atoms with Crippen LogP contribution in [0.5, 0.6) is 0 Å². The van der Waals surface area contributed by atoms with Gasteiger partial charge in [-0.1, -0.05) is 12.1 Å². The summed E-state index contributed by atoms with van der Waals surface area (Å²) >= 11 is 0. The van der Waals surface area contributed by atoms with Crippen molar-refractivity contribution in [1.82, 2.24) is 25.4 Å². The predicted octanol–water partition coefficient (Wildman–Crippen LogP) is 0.750. The van der Waals surface area contributed by atoms with Crippen LogP contribution in [0.4, 0.5) is 0 Å². The summed E-state index contributed by atoms with van der Waals surface area (Å²) in [5.74, 6) is 1.12. The van der Waals surface area contributed by atoms with Crippen molar-refractivity contribution in [2.75, 3.05) is 19.7 Å². The van der Waals surface area contributed by atoms with Crippen molar-refractivity contribution >= 4 is 0 Å². The molecule has 100 valence electrons. The summed E-state index contributed by atoms with van der Waals surface area (Å²) in [4.78, 5) is 12.7. The van der Waals surface area contributed by atoms with Crippen molar-refractivity contribution in [3.05, 3.63) is 24.1 Å². The molecule has 0 radical (unpaired) electrons. The Labute approximate surface area is 110 Å². The van der Waals surface area contributed by atoms with Crippen LogP contribution >= 0.6 is 0 Å². The topological polar surface area (TPSA) is 86.0 Å². The quantitative estimate of drug-likeness (QED) is 0.872. The lowest BCUT2D eigenvalue weighted by Gasteiger charge is -2.23. The Morgan fingerprint density at radius 1 is 1.47 bits per heavy atom. The average Bonchev–Trinajstić information content (AvgIpc) is 2.97. The third kappa shape index (κ3) is 2.47. The standard InChI is InChI=1S/C12H15N5O2/c1-2-10-16-12(17-19-10)8-5-14-7-15-11(8)9-6-13-3-4-18-9/h5,7,9,13H,2-4,6H2,1H3. The zero-order valence-corrected chi connectivity index (χ0v) is 10.7. The molecule has 3 rings (SSSR count). The largest absolute Gasteiger partial charge is 0.369 e. The molecule has 1 atom stereocenters. The van der Waals surface area contributed by atoms with Crippen LogP contribution in [0.15, 0.2) is 17.0 Å². The first-order valence-electron chi connectivity index (χ1n) is 6.33. The first-order valence-corrected chi connectivity index (χ1v) is 6.33. The molecule has 2 aromatic rings. The maximum atomic E-state index is 5.72. The molecule has 0 bridgehead atoms. The molecule has 0 saturated carbocycles. The van der Waals surface area contributed by atoms with Crippen LogP contribution in [-0.2, 0) is 11.2 Å². The molecule has 0 spiro atoms. The highest BCUT2D eigenvalue weighted by molar-refractivity contribution is 5.56. The van der Waals surface area contributed by atoms with Gasteiger partial charge in [-0.25, -0.2) is 9.97 Å². The Morgan fingerprint density at radius 3 is 3.16 bits per heavy atom. The van der Waals surface area contributed by atoms with Gasteiger partial charge in [0.05, 0.1) is 17.9 Å². The van der Waals surface area contributed by atoms with Gasteiger partial charge in [-0.05, 0) is 0 Å². The minimum atomic E-state index is -0.102. The molecular formula is C12H15N5O2. The van der Waals surface area contributed by atoms with Gasteiger partial charge in [0.15, 0.2) is 0 Å². The number of nitrogens with zero attached hydrogens (tertiary/aromatic N) is 4. The monoisotopic (exact) mass is 261 g/mol. The molecule has 1 aliphatic rings. The van der Waals surface area contributed by atoms with Crippen LogP contribution in [0, 0.1) is 0 Å². The third-order valence-corrected chi connectivity index (χ3v) is 2.99. The second-order valence-electron chi connectivity index (χ2n) is 4.25. The van der Waals surface area contributed by atoms with E-state index >= 15 is 0 Å². The molecule has 7 heteroatoms. The zero-order chi connectivity index (χ0) is 13.1. The van der Waals surface area contributed by atoms with E-state index in [1.807, 2.05) is 6.92 Å². The van der Waals surface area contributed by atoms with E-state index in [9.17, 15) is 0 Å². The summed E-state index contributed by atoms with van der Waals surface area (Å²) in [6.45, 7) is 4.22. The van der Waals surface area contributed by atoms with Crippen molar-refractivity contribution in [3.8, 4) is 11.4 Å². The smallest absolute Gasteiger partial charge is 0.226 e. The van der Waals surface area contributed by atoms with Gasteiger partial charge >= 0.3 is 0 Å². The molecule has 19 heavy (non-hydrogen) atoms. The van der Waals surface area contributed by atoms with Crippen molar-refractivity contribution in [3.63, 3.8) is 0 Å². The Balaban J connectivity index is 1.96. The summed E-state index contributed by atoms with van der Waals surface area (Å²) in [5, 5.41) is 7.25. The molecule has 7 nitrogen and oxygen atoms in total. The summed E-state index contributed by atoms with van der Waals surface area (Å²) in [6.07, 6.45) is 3.81. The fourth-order valence-corrected chi connectivity index (χ4v) is 2.02. The van der Waals surface area contributed by atoms with E-state index in [4.69, 9.17) is 9.26 Å². The minimum Gasteiger partial charge on any atom is -0.369 e. The van der Waals surface area contributed by atoms with Crippen LogP contribution in [0.2, 0.25) is 0 Å². The van der Waals surface area contributed by atoms with Gasteiger partial charge < -0.3 is 14.6 Å². The summed E-state index contributed by atoms with van der Waals surface area (Å²) in [5.41, 5.74) is 1.56. The van der Waals surface area contributed by atoms with E-state index in [1.165, 1.54) is 6.33 Å². The maximum Gasteiger partial charge on any atom is 0.226 e. The molecule has 0 aromatic carbocycles. The molecule has 3 heterocycles. The lowest BCUT2D eigenvalue weighted by molar-refractivity contribution is 0.0253. The predicted molar refractivity (Wildman–Crippen MR) is 66.3 cm³/mol. The van der Waals surface area contributed by atoms with Gasteiger partial charge in [-0.15, -0.1) is 0 Å². The lowest BCUT2D eigenvalue weighted by Crippen LogP contribution is -2.34. The highest BCUT2D eigenvalue weighted by Gasteiger charge is 2.23.